The van der Waals surface area contributed by atoms with E-state index < -0.39 is 24.6 Å². The Labute approximate surface area is 146 Å². The van der Waals surface area contributed by atoms with Gasteiger partial charge >= 0.3 is 83.7 Å². The molecule has 0 aliphatic carbocycles. The van der Waals surface area contributed by atoms with Crippen molar-refractivity contribution in [3.05, 3.63) is 0 Å². The van der Waals surface area contributed by atoms with E-state index in [0.717, 1.165) is 0 Å². The van der Waals surface area contributed by atoms with Crippen molar-refractivity contribution in [3.63, 3.8) is 0 Å². The second kappa shape index (κ2) is 29.8. The van der Waals surface area contributed by atoms with Crippen molar-refractivity contribution in [3.8, 4) is 0 Å². The van der Waals surface area contributed by atoms with Crippen LogP contribution in [0.5, 0.6) is 0 Å². The number of hydrogen-bond donors (Lipinski definition) is 8. The van der Waals surface area contributed by atoms with Gasteiger partial charge < -0.3 is 43.7 Å². The van der Waals surface area contributed by atoms with E-state index in [1.807, 2.05) is 0 Å². The molecule has 0 aliphatic heterocycles. The van der Waals surface area contributed by atoms with Crippen molar-refractivity contribution >= 4 is 24.6 Å². The minimum Gasteiger partial charge on any atom is -1.00 e. The van der Waals surface area contributed by atoms with Crippen LogP contribution in [0, 0.1) is 0 Å². The first kappa shape index (κ1) is 36.0. The Kier molecular flexibility index (Phi) is 59.5. The fourth-order valence-electron chi connectivity index (χ4n) is 0. The van der Waals surface area contributed by atoms with Crippen LogP contribution in [0.25, 0.3) is 0 Å². The first-order valence-corrected chi connectivity index (χ1v) is 2.61. The third-order valence-corrected chi connectivity index (χ3v) is 0. The normalized spacial score (nSPS) is 5.33. The van der Waals surface area contributed by atoms with Crippen molar-refractivity contribution in [2.24, 2.45) is 0 Å². The molecule has 0 aliphatic rings. The maximum atomic E-state index is 8.56. The van der Waals surface area contributed by atoms with Crippen LogP contribution in [-0.2, 0) is 0 Å². The van der Waals surface area contributed by atoms with E-state index in [1.165, 1.54) is 0 Å². The Bertz CT molecular complexity index is 171. The first-order valence-electron chi connectivity index (χ1n) is 2.61. The Morgan fingerprint density at radius 2 is 0.444 bits per heavy atom. The molecule has 100 valence electrons. The van der Waals surface area contributed by atoms with Gasteiger partial charge in [-0.25, -0.2) is 19.2 Å². The van der Waals surface area contributed by atoms with Crippen LogP contribution in [0.4, 0.5) is 19.2 Å². The van der Waals surface area contributed by atoms with E-state index in [-0.39, 0.29) is 62.0 Å². The third-order valence-electron chi connectivity index (χ3n) is 0. The fourth-order valence-corrected chi connectivity index (χ4v) is 0. The topological polar surface area (TPSA) is 230 Å². The molecule has 14 heteroatoms. The summed E-state index contributed by atoms with van der Waals surface area (Å²) in [7, 11) is 0. The Morgan fingerprint density at radius 1 is 0.444 bits per heavy atom. The predicted octanol–water partition coefficient (Wildman–Crippen LogP) is -4.88. The molecule has 0 aromatic heterocycles. The van der Waals surface area contributed by atoms with E-state index in [0.29, 0.717) is 0 Å². The summed E-state index contributed by atoms with van der Waals surface area (Å²) in [5.41, 5.74) is 0. The second-order valence-corrected chi connectivity index (χ2v) is 1.13. The van der Waals surface area contributed by atoms with Crippen molar-refractivity contribution in [1.29, 1.82) is 0 Å². The maximum Gasteiger partial charge on any atom is 1.00 e. The van der Waals surface area contributed by atoms with Gasteiger partial charge in [-0.3, -0.25) is 0 Å². The predicted molar refractivity (Wildman–Crippen MR) is 44.8 cm³/mol. The summed E-state index contributed by atoms with van der Waals surface area (Å²) in [6.45, 7) is 0. The smallest absolute Gasteiger partial charge is 1.00 e. The molecule has 12 nitrogen and oxygen atoms in total. The minimum atomic E-state index is -1.83. The molecule has 0 unspecified atom stereocenters. The molecular weight excluding hydrogens is 286 g/mol. The van der Waals surface area contributed by atoms with Crippen molar-refractivity contribution < 1.29 is 122 Å². The van der Waals surface area contributed by atoms with Crippen LogP contribution in [0.15, 0.2) is 0 Å². The SMILES string of the molecule is O=C(O)O.O=C(O)O.O=C(O)O.O=C(O)O.[H-].[H-].[Na+].[Na+]. The van der Waals surface area contributed by atoms with Gasteiger partial charge in [-0.1, -0.05) is 0 Å². The van der Waals surface area contributed by atoms with Crippen molar-refractivity contribution in [2.75, 3.05) is 0 Å². The van der Waals surface area contributed by atoms with E-state index >= 15 is 0 Å². The third kappa shape index (κ3) is 3530. The fraction of sp³-hybridized carbons (Fsp3) is 0. The van der Waals surface area contributed by atoms with Crippen LogP contribution >= 0.6 is 0 Å². The van der Waals surface area contributed by atoms with Crippen molar-refractivity contribution in [2.45, 2.75) is 0 Å². The summed E-state index contributed by atoms with van der Waals surface area (Å²) in [4.78, 5) is 34.2. The van der Waals surface area contributed by atoms with Gasteiger partial charge in [0.2, 0.25) is 0 Å². The summed E-state index contributed by atoms with van der Waals surface area (Å²) in [5.74, 6) is 0. The Hall–Kier alpha value is -0.920. The standard InChI is InChI=1S/4CH2O3.2Na.2H/c4*2-1(3)4;;;;/h4*(H2,2,3,4);;;;/q;;;;2*+1;2*-1. The number of carbonyl (C=O) groups is 4. The summed E-state index contributed by atoms with van der Waals surface area (Å²) in [5, 5.41) is 55.8. The van der Waals surface area contributed by atoms with Gasteiger partial charge in [0.15, 0.2) is 0 Å². The average molecular weight is 296 g/mol. The van der Waals surface area contributed by atoms with Gasteiger partial charge in [-0.2, -0.15) is 0 Å². The largest absolute Gasteiger partial charge is 1.00 e. The molecule has 0 aromatic rings. The molecule has 0 spiro atoms. The molecule has 0 bridgehead atoms. The molecule has 0 heterocycles. The van der Waals surface area contributed by atoms with Gasteiger partial charge in [-0.15, -0.1) is 0 Å². The second-order valence-electron chi connectivity index (χ2n) is 1.13. The zero-order valence-corrected chi connectivity index (χ0v) is 13.2. The van der Waals surface area contributed by atoms with E-state index in [2.05, 4.69) is 0 Å². The molecule has 0 fully saturated rings. The Balaban J connectivity index is -0.0000000150. The van der Waals surface area contributed by atoms with Crippen LogP contribution in [0.2, 0.25) is 0 Å². The molecule has 0 atom stereocenters. The van der Waals surface area contributed by atoms with E-state index in [1.54, 1.807) is 0 Å². The molecule has 0 saturated carbocycles. The Morgan fingerprint density at radius 3 is 0.444 bits per heavy atom. The summed E-state index contributed by atoms with van der Waals surface area (Å²) < 4.78 is 0. The molecule has 0 saturated heterocycles. The number of carboxylic acid groups (broad SMARTS) is 8. The van der Waals surface area contributed by atoms with Crippen LogP contribution < -0.4 is 59.1 Å². The summed E-state index contributed by atoms with van der Waals surface area (Å²) >= 11 is 0. The maximum absolute atomic E-state index is 8.56. The quantitative estimate of drug-likeness (QED) is 0.196. The van der Waals surface area contributed by atoms with Crippen LogP contribution in [-0.4, -0.2) is 65.5 Å². The van der Waals surface area contributed by atoms with Gasteiger partial charge in [0, 0.05) is 0 Å². The zero-order valence-electron chi connectivity index (χ0n) is 11.2. The monoisotopic (exact) mass is 296 g/mol. The number of rotatable bonds is 0. The first-order chi connectivity index (χ1) is 6.93. The summed E-state index contributed by atoms with van der Waals surface area (Å²) in [6, 6.07) is 0. The minimum absolute atomic E-state index is 0. The molecule has 8 N–H and O–H groups in total. The molecule has 18 heavy (non-hydrogen) atoms. The average Bonchev–Trinajstić information content (AvgIpc) is 1.76. The molecule has 0 aromatic carbocycles. The number of hydrogen-bond acceptors (Lipinski definition) is 4. The molecule has 0 amide bonds. The van der Waals surface area contributed by atoms with E-state index in [9.17, 15) is 0 Å². The molecule has 0 rings (SSSR count). The zero-order chi connectivity index (χ0) is 14.3. The van der Waals surface area contributed by atoms with Crippen LogP contribution in [0.1, 0.15) is 2.85 Å². The van der Waals surface area contributed by atoms with Gasteiger partial charge in [-0.05, 0) is 0 Å². The van der Waals surface area contributed by atoms with Gasteiger partial charge in [0.25, 0.3) is 0 Å². The van der Waals surface area contributed by atoms with Crippen LogP contribution in [0.3, 0.4) is 0 Å². The summed E-state index contributed by atoms with van der Waals surface area (Å²) in [6.07, 6.45) is -7.33. The van der Waals surface area contributed by atoms with Crippen molar-refractivity contribution in [1.82, 2.24) is 0 Å². The van der Waals surface area contributed by atoms with Gasteiger partial charge in [0.05, 0.1) is 0 Å². The van der Waals surface area contributed by atoms with E-state index in [4.69, 9.17) is 60.0 Å². The molecule has 0 radical (unpaired) electrons. The molecular formula is C4H10Na2O12. The van der Waals surface area contributed by atoms with Gasteiger partial charge in [0.1, 0.15) is 0 Å².